The van der Waals surface area contributed by atoms with Gasteiger partial charge in [0.05, 0.1) is 6.04 Å². The van der Waals surface area contributed by atoms with Gasteiger partial charge in [-0.1, -0.05) is 55.0 Å². The Labute approximate surface area is 125 Å². The Morgan fingerprint density at radius 3 is 2.67 bits per heavy atom. The highest BCUT2D eigenvalue weighted by Gasteiger charge is 2.16. The fourth-order valence-electron chi connectivity index (χ4n) is 2.77. The lowest BCUT2D eigenvalue weighted by atomic mass is 10.0. The van der Waals surface area contributed by atoms with Gasteiger partial charge in [-0.05, 0) is 37.6 Å². The first-order valence-electron chi connectivity index (χ1n) is 7.53. The maximum absolute atomic E-state index is 6.02. The fourth-order valence-corrected chi connectivity index (χ4v) is 2.77. The number of benzene rings is 2. The first-order valence-corrected chi connectivity index (χ1v) is 7.53. The molecule has 1 heterocycles. The molecule has 0 radical (unpaired) electrons. The van der Waals surface area contributed by atoms with Gasteiger partial charge in [0.1, 0.15) is 11.3 Å². The predicted molar refractivity (Wildman–Crippen MR) is 87.5 cm³/mol. The minimum atomic E-state index is 0.212. The Bertz CT molecular complexity index is 696. The van der Waals surface area contributed by atoms with E-state index in [-0.39, 0.29) is 6.04 Å². The van der Waals surface area contributed by atoms with Crippen molar-refractivity contribution >= 4 is 11.0 Å². The summed E-state index contributed by atoms with van der Waals surface area (Å²) < 4.78 is 6.02. The van der Waals surface area contributed by atoms with Gasteiger partial charge >= 0.3 is 0 Å². The molecule has 0 fully saturated rings. The Balaban J connectivity index is 1.90. The monoisotopic (exact) mass is 279 g/mol. The third-order valence-corrected chi connectivity index (χ3v) is 3.76. The number of likely N-dealkylation sites (N-methyl/N-ethyl adjacent to an activating group) is 1. The average molecular weight is 279 g/mol. The Morgan fingerprint density at radius 2 is 1.90 bits per heavy atom. The number of para-hydroxylation sites is 1. The Kier molecular flexibility index (Phi) is 4.07. The van der Waals surface area contributed by atoms with E-state index in [1.807, 2.05) is 18.2 Å². The van der Waals surface area contributed by atoms with Crippen LogP contribution in [0.1, 0.15) is 29.9 Å². The number of nitrogens with one attached hydrogen (secondary N) is 1. The minimum absolute atomic E-state index is 0.212. The van der Waals surface area contributed by atoms with E-state index in [4.69, 9.17) is 4.42 Å². The molecular formula is C19H21NO. The second kappa shape index (κ2) is 6.15. The van der Waals surface area contributed by atoms with E-state index in [2.05, 4.69) is 55.6 Å². The standard InChI is InChI=1S/C19H21NO/c1-3-20-17(12-15-8-6-7-14(2)11-15)19-13-16-9-4-5-10-18(16)21-19/h4-11,13,17,20H,3,12H2,1-2H3. The van der Waals surface area contributed by atoms with Gasteiger partial charge in [0.25, 0.3) is 0 Å². The molecule has 1 aromatic heterocycles. The molecule has 2 aromatic carbocycles. The summed E-state index contributed by atoms with van der Waals surface area (Å²) in [7, 11) is 0. The molecule has 1 atom stereocenters. The highest BCUT2D eigenvalue weighted by Crippen LogP contribution is 2.26. The molecule has 3 rings (SSSR count). The summed E-state index contributed by atoms with van der Waals surface area (Å²) in [5.41, 5.74) is 3.59. The third kappa shape index (κ3) is 3.17. The van der Waals surface area contributed by atoms with Crippen molar-refractivity contribution in [1.82, 2.24) is 5.32 Å². The summed E-state index contributed by atoms with van der Waals surface area (Å²) in [5.74, 6) is 1.01. The van der Waals surface area contributed by atoms with Gasteiger partial charge in [-0.3, -0.25) is 0 Å². The van der Waals surface area contributed by atoms with Crippen molar-refractivity contribution in [3.05, 3.63) is 71.5 Å². The van der Waals surface area contributed by atoms with Gasteiger partial charge in [-0.25, -0.2) is 0 Å². The van der Waals surface area contributed by atoms with Crippen molar-refractivity contribution in [3.63, 3.8) is 0 Å². The molecule has 0 aliphatic rings. The Morgan fingerprint density at radius 1 is 1.05 bits per heavy atom. The molecule has 3 aromatic rings. The first kappa shape index (κ1) is 13.9. The number of hydrogen-bond acceptors (Lipinski definition) is 2. The van der Waals surface area contributed by atoms with Crippen LogP contribution < -0.4 is 5.32 Å². The second-order valence-corrected chi connectivity index (χ2v) is 5.49. The predicted octanol–water partition coefficient (Wildman–Crippen LogP) is 4.63. The van der Waals surface area contributed by atoms with Crippen LogP contribution in [0.25, 0.3) is 11.0 Å². The lowest BCUT2D eigenvalue weighted by Gasteiger charge is -2.15. The smallest absolute Gasteiger partial charge is 0.134 e. The molecule has 0 saturated heterocycles. The molecule has 1 unspecified atom stereocenters. The largest absolute Gasteiger partial charge is 0.459 e. The van der Waals surface area contributed by atoms with Crippen LogP contribution in [0.3, 0.4) is 0 Å². The van der Waals surface area contributed by atoms with Crippen molar-refractivity contribution < 1.29 is 4.42 Å². The number of hydrogen-bond donors (Lipinski definition) is 1. The number of rotatable bonds is 5. The van der Waals surface area contributed by atoms with Crippen molar-refractivity contribution in [2.45, 2.75) is 26.3 Å². The third-order valence-electron chi connectivity index (χ3n) is 3.76. The summed E-state index contributed by atoms with van der Waals surface area (Å²) in [5, 5.41) is 4.70. The van der Waals surface area contributed by atoms with Crippen LogP contribution in [-0.2, 0) is 6.42 Å². The summed E-state index contributed by atoms with van der Waals surface area (Å²) >= 11 is 0. The topological polar surface area (TPSA) is 25.2 Å². The van der Waals surface area contributed by atoms with Crippen molar-refractivity contribution in [2.75, 3.05) is 6.54 Å². The van der Waals surface area contributed by atoms with Gasteiger partial charge in [0.2, 0.25) is 0 Å². The quantitative estimate of drug-likeness (QED) is 0.736. The molecule has 0 amide bonds. The molecular weight excluding hydrogens is 258 g/mol. The summed E-state index contributed by atoms with van der Waals surface area (Å²) in [6.45, 7) is 5.19. The fraction of sp³-hybridized carbons (Fsp3) is 0.263. The molecule has 1 N–H and O–H groups in total. The second-order valence-electron chi connectivity index (χ2n) is 5.49. The number of furan rings is 1. The van der Waals surface area contributed by atoms with Crippen LogP contribution >= 0.6 is 0 Å². The molecule has 0 saturated carbocycles. The van der Waals surface area contributed by atoms with E-state index >= 15 is 0 Å². The SMILES string of the molecule is CCNC(Cc1cccc(C)c1)c1cc2ccccc2o1. The van der Waals surface area contributed by atoms with E-state index in [1.165, 1.54) is 16.5 Å². The zero-order valence-corrected chi connectivity index (χ0v) is 12.6. The van der Waals surface area contributed by atoms with Crippen LogP contribution in [0.15, 0.2) is 59.0 Å². The van der Waals surface area contributed by atoms with Crippen LogP contribution in [0.2, 0.25) is 0 Å². The molecule has 2 nitrogen and oxygen atoms in total. The molecule has 21 heavy (non-hydrogen) atoms. The number of fused-ring (bicyclic) bond motifs is 1. The van der Waals surface area contributed by atoms with Crippen LogP contribution in [0.5, 0.6) is 0 Å². The van der Waals surface area contributed by atoms with E-state index in [1.54, 1.807) is 0 Å². The highest BCUT2D eigenvalue weighted by atomic mass is 16.3. The summed E-state index contributed by atoms with van der Waals surface area (Å²) in [6.07, 6.45) is 0.940. The van der Waals surface area contributed by atoms with Crippen molar-refractivity contribution in [1.29, 1.82) is 0 Å². The van der Waals surface area contributed by atoms with E-state index < -0.39 is 0 Å². The maximum atomic E-state index is 6.02. The van der Waals surface area contributed by atoms with Crippen LogP contribution in [0.4, 0.5) is 0 Å². The lowest BCUT2D eigenvalue weighted by Crippen LogP contribution is -2.22. The van der Waals surface area contributed by atoms with E-state index in [0.29, 0.717) is 0 Å². The van der Waals surface area contributed by atoms with Crippen LogP contribution in [0, 0.1) is 6.92 Å². The van der Waals surface area contributed by atoms with Gasteiger partial charge < -0.3 is 9.73 Å². The summed E-state index contributed by atoms with van der Waals surface area (Å²) in [6, 6.07) is 19.2. The zero-order valence-electron chi connectivity index (χ0n) is 12.6. The molecule has 0 bridgehead atoms. The van der Waals surface area contributed by atoms with Gasteiger partial charge in [0.15, 0.2) is 0 Å². The minimum Gasteiger partial charge on any atom is -0.459 e. The maximum Gasteiger partial charge on any atom is 0.134 e. The van der Waals surface area contributed by atoms with Gasteiger partial charge in [-0.15, -0.1) is 0 Å². The van der Waals surface area contributed by atoms with Gasteiger partial charge in [-0.2, -0.15) is 0 Å². The van der Waals surface area contributed by atoms with Crippen LogP contribution in [-0.4, -0.2) is 6.54 Å². The lowest BCUT2D eigenvalue weighted by molar-refractivity contribution is 0.435. The molecule has 2 heteroatoms. The molecule has 0 spiro atoms. The van der Waals surface area contributed by atoms with Gasteiger partial charge in [0, 0.05) is 5.39 Å². The molecule has 0 aliphatic carbocycles. The van der Waals surface area contributed by atoms with Crippen molar-refractivity contribution in [3.8, 4) is 0 Å². The molecule has 108 valence electrons. The average Bonchev–Trinajstić information content (AvgIpc) is 2.91. The number of aryl methyl sites for hydroxylation is 1. The van der Waals surface area contributed by atoms with Crippen molar-refractivity contribution in [2.24, 2.45) is 0 Å². The normalized spacial score (nSPS) is 12.7. The Hall–Kier alpha value is -2.06. The van der Waals surface area contributed by atoms with E-state index in [9.17, 15) is 0 Å². The summed E-state index contributed by atoms with van der Waals surface area (Å²) in [4.78, 5) is 0. The van der Waals surface area contributed by atoms with E-state index in [0.717, 1.165) is 24.3 Å². The highest BCUT2D eigenvalue weighted by molar-refractivity contribution is 5.77. The molecule has 0 aliphatic heterocycles. The first-order chi connectivity index (χ1) is 10.3. The zero-order chi connectivity index (χ0) is 14.7.